The van der Waals surface area contributed by atoms with Gasteiger partial charge in [0, 0.05) is 32.5 Å². The Morgan fingerprint density at radius 3 is 2.43 bits per heavy atom. The Hall–Kier alpha value is -3.15. The molecule has 2 aromatic carbocycles. The number of carbonyl (C=O) groups excluding carboxylic acids is 2. The van der Waals surface area contributed by atoms with Gasteiger partial charge in [-0.1, -0.05) is 42.5 Å². The molecule has 2 amide bonds. The van der Waals surface area contributed by atoms with Crippen LogP contribution >= 0.6 is 0 Å². The van der Waals surface area contributed by atoms with Crippen molar-refractivity contribution in [3.05, 3.63) is 70.8 Å². The van der Waals surface area contributed by atoms with Crippen LogP contribution in [0.4, 0.5) is 0 Å². The number of rotatable bonds is 8. The molecule has 1 aliphatic heterocycles. The maximum atomic E-state index is 12.1. The number of aromatic carboxylic acids is 1. The van der Waals surface area contributed by atoms with Gasteiger partial charge in [-0.25, -0.2) is 4.79 Å². The molecular formula is C22H24N2O4. The third kappa shape index (κ3) is 5.19. The predicted molar refractivity (Wildman–Crippen MR) is 105 cm³/mol. The van der Waals surface area contributed by atoms with Crippen LogP contribution in [0.1, 0.15) is 46.3 Å². The van der Waals surface area contributed by atoms with Gasteiger partial charge in [0.15, 0.2) is 0 Å². The van der Waals surface area contributed by atoms with E-state index in [1.54, 1.807) is 24.3 Å². The van der Waals surface area contributed by atoms with Crippen molar-refractivity contribution in [1.29, 1.82) is 0 Å². The zero-order valence-corrected chi connectivity index (χ0v) is 15.7. The van der Waals surface area contributed by atoms with E-state index in [9.17, 15) is 19.5 Å². The summed E-state index contributed by atoms with van der Waals surface area (Å²) in [6.45, 7) is 1.87. The molecule has 146 valence electrons. The van der Waals surface area contributed by atoms with Gasteiger partial charge in [0.25, 0.3) is 0 Å². The highest BCUT2D eigenvalue weighted by Crippen LogP contribution is 2.15. The molecule has 0 unspecified atom stereocenters. The first-order valence-corrected chi connectivity index (χ1v) is 9.46. The summed E-state index contributed by atoms with van der Waals surface area (Å²) in [7, 11) is 0. The van der Waals surface area contributed by atoms with Crippen LogP contribution < -0.4 is 5.32 Å². The topological polar surface area (TPSA) is 86.7 Å². The number of hydrogen-bond acceptors (Lipinski definition) is 3. The van der Waals surface area contributed by atoms with Crippen molar-refractivity contribution in [3.8, 4) is 0 Å². The highest BCUT2D eigenvalue weighted by Gasteiger charge is 2.19. The van der Waals surface area contributed by atoms with Crippen LogP contribution in [0.5, 0.6) is 0 Å². The first-order chi connectivity index (χ1) is 13.5. The number of carboxylic acid groups (broad SMARTS) is 1. The van der Waals surface area contributed by atoms with Crippen molar-refractivity contribution >= 4 is 17.8 Å². The van der Waals surface area contributed by atoms with Gasteiger partial charge in [0.05, 0.1) is 5.56 Å². The van der Waals surface area contributed by atoms with E-state index in [2.05, 4.69) is 5.32 Å². The van der Waals surface area contributed by atoms with Crippen LogP contribution in [0, 0.1) is 0 Å². The fourth-order valence-electron chi connectivity index (χ4n) is 3.34. The van der Waals surface area contributed by atoms with Crippen molar-refractivity contribution in [3.63, 3.8) is 0 Å². The fraction of sp³-hybridized carbons (Fsp3) is 0.318. The Morgan fingerprint density at radius 1 is 1.04 bits per heavy atom. The monoisotopic (exact) mass is 380 g/mol. The molecule has 1 saturated heterocycles. The van der Waals surface area contributed by atoms with Crippen LogP contribution in [-0.2, 0) is 29.1 Å². The van der Waals surface area contributed by atoms with Gasteiger partial charge in [0.2, 0.25) is 11.8 Å². The molecule has 3 rings (SSSR count). The molecule has 0 bridgehead atoms. The first kappa shape index (κ1) is 19.6. The zero-order valence-electron chi connectivity index (χ0n) is 15.7. The van der Waals surface area contributed by atoms with Gasteiger partial charge in [-0.3, -0.25) is 9.59 Å². The summed E-state index contributed by atoms with van der Waals surface area (Å²) in [4.78, 5) is 36.9. The normalized spacial score (nSPS) is 13.6. The van der Waals surface area contributed by atoms with Crippen molar-refractivity contribution in [2.75, 3.05) is 6.54 Å². The maximum absolute atomic E-state index is 12.1. The summed E-state index contributed by atoms with van der Waals surface area (Å²) >= 11 is 0. The molecular weight excluding hydrogens is 356 g/mol. The van der Waals surface area contributed by atoms with E-state index in [4.69, 9.17) is 0 Å². The van der Waals surface area contributed by atoms with Gasteiger partial charge in [-0.2, -0.15) is 0 Å². The molecule has 6 heteroatoms. The number of nitrogens with zero attached hydrogens (tertiary/aromatic N) is 1. The second-order valence-corrected chi connectivity index (χ2v) is 6.97. The van der Waals surface area contributed by atoms with Crippen LogP contribution in [0.25, 0.3) is 0 Å². The molecule has 0 radical (unpaired) electrons. The summed E-state index contributed by atoms with van der Waals surface area (Å²) < 4.78 is 0. The Kier molecular flexibility index (Phi) is 6.42. The maximum Gasteiger partial charge on any atom is 0.335 e. The number of benzene rings is 2. The van der Waals surface area contributed by atoms with Crippen molar-refractivity contribution in [1.82, 2.24) is 10.2 Å². The quantitative estimate of drug-likeness (QED) is 0.737. The van der Waals surface area contributed by atoms with Crippen LogP contribution in [0.3, 0.4) is 0 Å². The SMILES string of the molecule is O=C(CCc1ccccc1C(=O)O)NCc1ccc(CN2CCCC2=O)cc1. The predicted octanol–water partition coefficient (Wildman–Crippen LogP) is 2.76. The average molecular weight is 380 g/mol. The summed E-state index contributed by atoms with van der Waals surface area (Å²) in [5.74, 6) is -0.889. The molecule has 28 heavy (non-hydrogen) atoms. The molecule has 1 fully saturated rings. The third-order valence-corrected chi connectivity index (χ3v) is 4.93. The first-order valence-electron chi connectivity index (χ1n) is 9.46. The molecule has 0 saturated carbocycles. The molecule has 0 aliphatic carbocycles. The third-order valence-electron chi connectivity index (χ3n) is 4.93. The largest absolute Gasteiger partial charge is 0.478 e. The van der Waals surface area contributed by atoms with Gasteiger partial charge in [0.1, 0.15) is 0 Å². The number of likely N-dealkylation sites (tertiary alicyclic amines) is 1. The Balaban J connectivity index is 1.46. The molecule has 6 nitrogen and oxygen atoms in total. The standard InChI is InChI=1S/C22H24N2O4/c25-20(12-11-18-4-1-2-5-19(18)22(27)28)23-14-16-7-9-17(10-8-16)15-24-13-3-6-21(24)26/h1-2,4-5,7-10H,3,6,11-15H2,(H,23,25)(H,27,28). The van der Waals surface area contributed by atoms with E-state index >= 15 is 0 Å². The molecule has 1 aliphatic rings. The lowest BCUT2D eigenvalue weighted by atomic mass is 10.0. The summed E-state index contributed by atoms with van der Waals surface area (Å²) in [6, 6.07) is 14.6. The van der Waals surface area contributed by atoms with E-state index in [0.29, 0.717) is 31.5 Å². The molecule has 2 aromatic rings. The molecule has 2 N–H and O–H groups in total. The average Bonchev–Trinajstić information content (AvgIpc) is 3.10. The van der Waals surface area contributed by atoms with Crippen LogP contribution in [-0.4, -0.2) is 34.3 Å². The summed E-state index contributed by atoms with van der Waals surface area (Å²) in [5, 5.41) is 12.1. The number of nitrogens with one attached hydrogen (secondary N) is 1. The number of hydrogen-bond donors (Lipinski definition) is 2. The molecule has 1 heterocycles. The van der Waals surface area contributed by atoms with E-state index < -0.39 is 5.97 Å². The number of carbonyl (C=O) groups is 3. The van der Waals surface area contributed by atoms with Crippen molar-refractivity contribution in [2.24, 2.45) is 0 Å². The molecule has 0 aromatic heterocycles. The number of aryl methyl sites for hydroxylation is 1. The minimum Gasteiger partial charge on any atom is -0.478 e. The lowest BCUT2D eigenvalue weighted by Crippen LogP contribution is -2.24. The fourth-order valence-corrected chi connectivity index (χ4v) is 3.34. The van der Waals surface area contributed by atoms with Crippen LogP contribution in [0.2, 0.25) is 0 Å². The summed E-state index contributed by atoms with van der Waals surface area (Å²) in [5.41, 5.74) is 2.96. The zero-order chi connectivity index (χ0) is 19.9. The smallest absolute Gasteiger partial charge is 0.335 e. The van der Waals surface area contributed by atoms with E-state index in [1.807, 2.05) is 29.2 Å². The van der Waals surface area contributed by atoms with Gasteiger partial charge >= 0.3 is 5.97 Å². The number of carboxylic acids is 1. The van der Waals surface area contributed by atoms with E-state index in [0.717, 1.165) is 24.1 Å². The lowest BCUT2D eigenvalue weighted by Gasteiger charge is -2.15. The minimum atomic E-state index is -0.980. The Bertz CT molecular complexity index is 861. The highest BCUT2D eigenvalue weighted by atomic mass is 16.4. The van der Waals surface area contributed by atoms with E-state index in [1.165, 1.54) is 0 Å². The lowest BCUT2D eigenvalue weighted by molar-refractivity contribution is -0.128. The van der Waals surface area contributed by atoms with Crippen molar-refractivity contribution < 1.29 is 19.5 Å². The van der Waals surface area contributed by atoms with E-state index in [-0.39, 0.29) is 23.8 Å². The Labute approximate surface area is 164 Å². The van der Waals surface area contributed by atoms with Crippen molar-refractivity contribution in [2.45, 2.75) is 38.8 Å². The molecule has 0 atom stereocenters. The summed E-state index contributed by atoms with van der Waals surface area (Å²) in [6.07, 6.45) is 2.19. The molecule has 0 spiro atoms. The van der Waals surface area contributed by atoms with Gasteiger partial charge in [-0.05, 0) is 35.6 Å². The van der Waals surface area contributed by atoms with Gasteiger partial charge < -0.3 is 15.3 Å². The second-order valence-electron chi connectivity index (χ2n) is 6.97. The van der Waals surface area contributed by atoms with Crippen LogP contribution in [0.15, 0.2) is 48.5 Å². The Morgan fingerprint density at radius 2 is 1.75 bits per heavy atom. The number of amides is 2. The highest BCUT2D eigenvalue weighted by molar-refractivity contribution is 5.89. The van der Waals surface area contributed by atoms with Gasteiger partial charge in [-0.15, -0.1) is 0 Å². The minimum absolute atomic E-state index is 0.119. The second kappa shape index (κ2) is 9.17.